The summed E-state index contributed by atoms with van der Waals surface area (Å²) in [6.07, 6.45) is 3.49. The van der Waals surface area contributed by atoms with Crippen LogP contribution < -0.4 is 5.32 Å². The van der Waals surface area contributed by atoms with Crippen LogP contribution in [0.25, 0.3) is 0 Å². The smallest absolute Gasteiger partial charge is 0.120 e. The molecule has 2 rings (SSSR count). The van der Waals surface area contributed by atoms with E-state index >= 15 is 0 Å². The van der Waals surface area contributed by atoms with Gasteiger partial charge in [-0.05, 0) is 19.9 Å². The molecule has 0 saturated heterocycles. The Balaban J connectivity index is 1.91. The van der Waals surface area contributed by atoms with E-state index in [4.69, 9.17) is 0 Å². The van der Waals surface area contributed by atoms with Crippen molar-refractivity contribution in [3.63, 3.8) is 0 Å². The number of nitrogens with one attached hydrogen (secondary N) is 1. The average Bonchev–Trinajstić information content (AvgIpc) is 2.85. The summed E-state index contributed by atoms with van der Waals surface area (Å²) in [6.45, 7) is 5.59. The largest absolute Gasteiger partial charge is 0.508 e. The molecular weight excluding hydrogens is 228 g/mol. The number of nitrogens with zero attached hydrogens (tertiary/aromatic N) is 3. The summed E-state index contributed by atoms with van der Waals surface area (Å²) in [4.78, 5) is 0. The maximum Gasteiger partial charge on any atom is 0.120 e. The predicted molar refractivity (Wildman–Crippen MR) is 69.3 cm³/mol. The molecule has 96 valence electrons. The third-order valence-corrected chi connectivity index (χ3v) is 2.91. The van der Waals surface area contributed by atoms with Crippen LogP contribution in [0.15, 0.2) is 30.6 Å². The Kier molecular flexibility index (Phi) is 3.94. The van der Waals surface area contributed by atoms with Gasteiger partial charge in [0.05, 0.1) is 12.7 Å². The standard InChI is InChI=1S/C13H18N4O/c1-10-3-4-13(18)12(9-10)11(2)14-5-7-17-8-6-15-16-17/h3-4,6,8-9,11,14,18H,5,7H2,1-2H3. The van der Waals surface area contributed by atoms with Gasteiger partial charge in [-0.1, -0.05) is 22.9 Å². The average molecular weight is 246 g/mol. The minimum absolute atomic E-state index is 0.105. The zero-order chi connectivity index (χ0) is 13.0. The summed E-state index contributed by atoms with van der Waals surface area (Å²) in [5.41, 5.74) is 2.07. The summed E-state index contributed by atoms with van der Waals surface area (Å²) < 4.78 is 1.77. The fourth-order valence-electron chi connectivity index (χ4n) is 1.88. The minimum Gasteiger partial charge on any atom is -0.508 e. The Morgan fingerprint density at radius 1 is 1.44 bits per heavy atom. The molecule has 1 aromatic heterocycles. The van der Waals surface area contributed by atoms with Crippen LogP contribution >= 0.6 is 0 Å². The first-order valence-electron chi connectivity index (χ1n) is 6.04. The minimum atomic E-state index is 0.105. The molecule has 5 heteroatoms. The van der Waals surface area contributed by atoms with Crippen LogP contribution in [0.4, 0.5) is 0 Å². The molecule has 0 radical (unpaired) electrons. The van der Waals surface area contributed by atoms with Crippen LogP contribution in [-0.2, 0) is 6.54 Å². The number of hydrogen-bond donors (Lipinski definition) is 2. The van der Waals surface area contributed by atoms with Crippen molar-refractivity contribution in [3.05, 3.63) is 41.7 Å². The van der Waals surface area contributed by atoms with Gasteiger partial charge in [-0.3, -0.25) is 4.68 Å². The number of rotatable bonds is 5. The number of benzene rings is 1. The van der Waals surface area contributed by atoms with E-state index in [9.17, 15) is 5.11 Å². The third-order valence-electron chi connectivity index (χ3n) is 2.91. The quantitative estimate of drug-likeness (QED) is 0.842. The fraction of sp³-hybridized carbons (Fsp3) is 0.385. The molecule has 18 heavy (non-hydrogen) atoms. The molecular formula is C13H18N4O. The van der Waals surface area contributed by atoms with Gasteiger partial charge in [-0.25, -0.2) is 0 Å². The molecule has 0 fully saturated rings. The zero-order valence-corrected chi connectivity index (χ0v) is 10.7. The molecule has 0 saturated carbocycles. The van der Waals surface area contributed by atoms with E-state index in [2.05, 4.69) is 15.6 Å². The number of aromatic nitrogens is 3. The van der Waals surface area contributed by atoms with Gasteiger partial charge in [-0.2, -0.15) is 0 Å². The van der Waals surface area contributed by atoms with Crippen molar-refractivity contribution in [1.82, 2.24) is 20.3 Å². The summed E-state index contributed by atoms with van der Waals surface area (Å²) in [5.74, 6) is 0.335. The lowest BCUT2D eigenvalue weighted by Gasteiger charge is -2.16. The molecule has 2 N–H and O–H groups in total. The van der Waals surface area contributed by atoms with Gasteiger partial charge >= 0.3 is 0 Å². The van der Waals surface area contributed by atoms with E-state index in [0.29, 0.717) is 5.75 Å². The highest BCUT2D eigenvalue weighted by atomic mass is 16.3. The number of hydrogen-bond acceptors (Lipinski definition) is 4. The van der Waals surface area contributed by atoms with Gasteiger partial charge in [0.1, 0.15) is 5.75 Å². The van der Waals surface area contributed by atoms with E-state index in [1.165, 1.54) is 0 Å². The molecule has 0 amide bonds. The molecule has 0 aliphatic heterocycles. The summed E-state index contributed by atoms with van der Waals surface area (Å²) in [7, 11) is 0. The van der Waals surface area contributed by atoms with E-state index in [0.717, 1.165) is 24.2 Å². The van der Waals surface area contributed by atoms with Gasteiger partial charge in [0.15, 0.2) is 0 Å². The van der Waals surface area contributed by atoms with Crippen LogP contribution in [0.5, 0.6) is 5.75 Å². The van der Waals surface area contributed by atoms with E-state index < -0.39 is 0 Å². The first-order valence-corrected chi connectivity index (χ1v) is 6.04. The van der Waals surface area contributed by atoms with Gasteiger partial charge in [0, 0.05) is 24.3 Å². The molecule has 5 nitrogen and oxygen atoms in total. The molecule has 0 aliphatic carbocycles. The molecule has 0 aliphatic rings. The van der Waals surface area contributed by atoms with Crippen LogP contribution in [-0.4, -0.2) is 26.6 Å². The molecule has 1 aromatic carbocycles. The number of aromatic hydroxyl groups is 1. The Morgan fingerprint density at radius 3 is 3.00 bits per heavy atom. The van der Waals surface area contributed by atoms with Crippen LogP contribution in [0.3, 0.4) is 0 Å². The first kappa shape index (κ1) is 12.6. The van der Waals surface area contributed by atoms with Gasteiger partial charge in [0.25, 0.3) is 0 Å². The Bertz CT molecular complexity index is 496. The number of phenols is 1. The van der Waals surface area contributed by atoms with Crippen molar-refractivity contribution in [2.75, 3.05) is 6.54 Å². The van der Waals surface area contributed by atoms with E-state index in [-0.39, 0.29) is 6.04 Å². The van der Waals surface area contributed by atoms with Crippen molar-refractivity contribution in [3.8, 4) is 5.75 Å². The second-order valence-electron chi connectivity index (χ2n) is 4.40. The lowest BCUT2D eigenvalue weighted by molar-refractivity contribution is 0.445. The lowest BCUT2D eigenvalue weighted by Crippen LogP contribution is -2.23. The third kappa shape index (κ3) is 3.07. The maximum atomic E-state index is 9.82. The van der Waals surface area contributed by atoms with Crippen LogP contribution in [0.1, 0.15) is 24.1 Å². The number of aryl methyl sites for hydroxylation is 1. The topological polar surface area (TPSA) is 63.0 Å². The number of phenolic OH excluding ortho intramolecular Hbond substituents is 1. The van der Waals surface area contributed by atoms with E-state index in [1.807, 2.05) is 32.2 Å². The van der Waals surface area contributed by atoms with Crippen molar-refractivity contribution in [2.45, 2.75) is 26.4 Å². The monoisotopic (exact) mass is 246 g/mol. The molecule has 2 aromatic rings. The molecule has 0 bridgehead atoms. The van der Waals surface area contributed by atoms with E-state index in [1.54, 1.807) is 16.9 Å². The zero-order valence-electron chi connectivity index (χ0n) is 10.7. The normalized spacial score (nSPS) is 12.6. The SMILES string of the molecule is Cc1ccc(O)c(C(C)NCCn2ccnn2)c1. The Morgan fingerprint density at radius 2 is 2.28 bits per heavy atom. The second-order valence-corrected chi connectivity index (χ2v) is 4.40. The second kappa shape index (κ2) is 5.64. The molecule has 0 spiro atoms. The Hall–Kier alpha value is -1.88. The summed E-state index contributed by atoms with van der Waals surface area (Å²) in [6, 6.07) is 5.75. The van der Waals surface area contributed by atoms with Gasteiger partial charge in [0.2, 0.25) is 0 Å². The lowest BCUT2D eigenvalue weighted by atomic mass is 10.0. The molecule has 1 heterocycles. The first-order chi connectivity index (χ1) is 8.66. The molecule has 1 unspecified atom stereocenters. The van der Waals surface area contributed by atoms with Crippen molar-refractivity contribution >= 4 is 0 Å². The van der Waals surface area contributed by atoms with Crippen molar-refractivity contribution in [1.29, 1.82) is 0 Å². The van der Waals surface area contributed by atoms with Crippen LogP contribution in [0, 0.1) is 6.92 Å². The predicted octanol–water partition coefficient (Wildman–Crippen LogP) is 1.64. The van der Waals surface area contributed by atoms with Crippen molar-refractivity contribution < 1.29 is 5.11 Å². The maximum absolute atomic E-state index is 9.82. The van der Waals surface area contributed by atoms with Crippen LogP contribution in [0.2, 0.25) is 0 Å². The van der Waals surface area contributed by atoms with Gasteiger partial charge < -0.3 is 10.4 Å². The highest BCUT2D eigenvalue weighted by Gasteiger charge is 2.09. The summed E-state index contributed by atoms with van der Waals surface area (Å²) in [5, 5.41) is 20.8. The van der Waals surface area contributed by atoms with Gasteiger partial charge in [-0.15, -0.1) is 5.10 Å². The highest BCUT2D eigenvalue weighted by Crippen LogP contribution is 2.24. The fourth-order valence-corrected chi connectivity index (χ4v) is 1.88. The molecule has 1 atom stereocenters. The highest BCUT2D eigenvalue weighted by molar-refractivity contribution is 5.37. The summed E-state index contributed by atoms with van der Waals surface area (Å²) >= 11 is 0. The Labute approximate surface area is 106 Å². The van der Waals surface area contributed by atoms with Crippen molar-refractivity contribution in [2.24, 2.45) is 0 Å².